The van der Waals surface area contributed by atoms with Crippen molar-refractivity contribution in [1.82, 2.24) is 0 Å². The van der Waals surface area contributed by atoms with Gasteiger partial charge in [-0.15, -0.1) is 0 Å². The van der Waals surface area contributed by atoms with Crippen molar-refractivity contribution in [2.45, 2.75) is 39.5 Å². The molecular weight excluding hydrogens is 325 g/mol. The van der Waals surface area contributed by atoms with Gasteiger partial charge in [-0.05, 0) is 53.6 Å². The van der Waals surface area contributed by atoms with Crippen LogP contribution in [0.2, 0.25) is 0 Å². The monoisotopic (exact) mass is 345 g/mol. The lowest BCUT2D eigenvalue weighted by Crippen LogP contribution is -2.22. The average Bonchev–Trinajstić information content (AvgIpc) is 2.28. The molecule has 0 atom stereocenters. The third-order valence-corrected chi connectivity index (χ3v) is 3.41. The summed E-state index contributed by atoms with van der Waals surface area (Å²) in [6.07, 6.45) is 4.07. The number of carbonyl (C=O) groups is 1. The molecule has 0 bridgehead atoms. The lowest BCUT2D eigenvalue weighted by Gasteiger charge is -2.15. The number of anilines is 1. The Balaban J connectivity index is 2.62. The van der Waals surface area contributed by atoms with E-state index in [2.05, 4.69) is 41.8 Å². The van der Waals surface area contributed by atoms with Crippen molar-refractivity contribution in [3.05, 3.63) is 27.8 Å². The predicted molar refractivity (Wildman–Crippen MR) is 81.1 cm³/mol. The molecule has 0 aliphatic rings. The van der Waals surface area contributed by atoms with Gasteiger partial charge in [0, 0.05) is 15.2 Å². The van der Waals surface area contributed by atoms with Gasteiger partial charge >= 0.3 is 0 Å². The predicted octanol–water partition coefficient (Wildman–Crippen LogP) is 4.45. The van der Waals surface area contributed by atoms with Crippen molar-refractivity contribution >= 4 is 34.2 Å². The molecule has 1 amide bonds. The number of benzene rings is 1. The van der Waals surface area contributed by atoms with Crippen LogP contribution in [0.3, 0.4) is 0 Å². The van der Waals surface area contributed by atoms with E-state index in [1.165, 1.54) is 0 Å². The molecule has 1 rings (SSSR count). The van der Waals surface area contributed by atoms with Crippen LogP contribution >= 0.6 is 22.6 Å². The van der Waals surface area contributed by atoms with Crippen LogP contribution in [0.15, 0.2) is 24.3 Å². The second kappa shape index (κ2) is 7.69. The fraction of sp³-hybridized carbons (Fsp3) is 0.500. The summed E-state index contributed by atoms with van der Waals surface area (Å²) in [7, 11) is 0. The first-order chi connectivity index (χ1) is 8.17. The Morgan fingerprint density at radius 1 is 1.29 bits per heavy atom. The maximum atomic E-state index is 12.1. The molecule has 17 heavy (non-hydrogen) atoms. The minimum Gasteiger partial charge on any atom is -0.326 e. The standard InChI is InChI=1S/C14H20INO/c1-3-6-11(7-4-2)14(17)16-13-9-5-8-12(15)10-13/h5,8-11H,3-4,6-7H2,1-2H3,(H,16,17). The van der Waals surface area contributed by atoms with Gasteiger partial charge in [-0.1, -0.05) is 32.8 Å². The highest BCUT2D eigenvalue weighted by Gasteiger charge is 2.16. The number of halogens is 1. The Morgan fingerprint density at radius 2 is 1.94 bits per heavy atom. The highest BCUT2D eigenvalue weighted by molar-refractivity contribution is 14.1. The first kappa shape index (κ1) is 14.5. The van der Waals surface area contributed by atoms with Gasteiger partial charge in [-0.2, -0.15) is 0 Å². The van der Waals surface area contributed by atoms with E-state index in [9.17, 15) is 4.79 Å². The van der Waals surface area contributed by atoms with Crippen molar-refractivity contribution in [3.8, 4) is 0 Å². The van der Waals surface area contributed by atoms with Gasteiger partial charge in [0.05, 0.1) is 0 Å². The molecule has 1 aromatic rings. The highest BCUT2D eigenvalue weighted by Crippen LogP contribution is 2.18. The molecule has 0 spiro atoms. The quantitative estimate of drug-likeness (QED) is 0.759. The molecule has 1 N–H and O–H groups in total. The van der Waals surface area contributed by atoms with Gasteiger partial charge in [0.2, 0.25) is 5.91 Å². The van der Waals surface area contributed by atoms with E-state index >= 15 is 0 Å². The minimum atomic E-state index is 0.155. The summed E-state index contributed by atoms with van der Waals surface area (Å²) in [6.45, 7) is 4.25. The maximum absolute atomic E-state index is 12.1. The molecule has 0 unspecified atom stereocenters. The van der Waals surface area contributed by atoms with Crippen molar-refractivity contribution in [1.29, 1.82) is 0 Å². The van der Waals surface area contributed by atoms with Gasteiger partial charge in [-0.3, -0.25) is 4.79 Å². The van der Waals surface area contributed by atoms with E-state index in [0.717, 1.165) is 34.9 Å². The highest BCUT2D eigenvalue weighted by atomic mass is 127. The molecule has 94 valence electrons. The molecule has 0 aromatic heterocycles. The lowest BCUT2D eigenvalue weighted by atomic mass is 9.97. The first-order valence-corrected chi connectivity index (χ1v) is 7.31. The molecule has 0 saturated carbocycles. The summed E-state index contributed by atoms with van der Waals surface area (Å²) in [5, 5.41) is 3.01. The average molecular weight is 345 g/mol. The zero-order valence-electron chi connectivity index (χ0n) is 10.5. The van der Waals surface area contributed by atoms with Crippen molar-refractivity contribution < 1.29 is 4.79 Å². The first-order valence-electron chi connectivity index (χ1n) is 6.23. The number of amides is 1. The molecule has 0 aliphatic heterocycles. The molecule has 1 aromatic carbocycles. The van der Waals surface area contributed by atoms with E-state index < -0.39 is 0 Å². The molecule has 0 fully saturated rings. The fourth-order valence-corrected chi connectivity index (χ4v) is 2.46. The van der Waals surface area contributed by atoms with Crippen LogP contribution in [-0.2, 0) is 4.79 Å². The van der Waals surface area contributed by atoms with Crippen molar-refractivity contribution in [3.63, 3.8) is 0 Å². The summed E-state index contributed by atoms with van der Waals surface area (Å²) in [5.41, 5.74) is 0.902. The SMILES string of the molecule is CCCC(CCC)C(=O)Nc1cccc(I)c1. The van der Waals surface area contributed by atoms with Crippen LogP contribution < -0.4 is 5.32 Å². The number of nitrogens with one attached hydrogen (secondary N) is 1. The molecular formula is C14H20INO. The smallest absolute Gasteiger partial charge is 0.227 e. The number of rotatable bonds is 6. The Labute approximate surface area is 117 Å². The molecule has 0 aliphatic carbocycles. The van der Waals surface area contributed by atoms with Crippen LogP contribution in [0, 0.1) is 9.49 Å². The second-order valence-corrected chi connectivity index (χ2v) is 5.52. The molecule has 2 nitrogen and oxygen atoms in total. The largest absolute Gasteiger partial charge is 0.326 e. The molecule has 0 heterocycles. The van der Waals surface area contributed by atoms with E-state index in [1.807, 2.05) is 24.3 Å². The Kier molecular flexibility index (Phi) is 6.55. The number of hydrogen-bond acceptors (Lipinski definition) is 1. The fourth-order valence-electron chi connectivity index (χ4n) is 1.91. The second-order valence-electron chi connectivity index (χ2n) is 4.27. The summed E-state index contributed by atoms with van der Waals surface area (Å²) in [5.74, 6) is 0.318. The van der Waals surface area contributed by atoms with Crippen LogP contribution in [0.4, 0.5) is 5.69 Å². The Hall–Kier alpha value is -0.580. The van der Waals surface area contributed by atoms with Gasteiger partial charge in [-0.25, -0.2) is 0 Å². The summed E-state index contributed by atoms with van der Waals surface area (Å²) >= 11 is 2.25. The van der Waals surface area contributed by atoms with Gasteiger partial charge in [0.25, 0.3) is 0 Å². The minimum absolute atomic E-state index is 0.155. The Morgan fingerprint density at radius 3 is 2.47 bits per heavy atom. The summed E-state index contributed by atoms with van der Waals surface area (Å²) in [6, 6.07) is 7.92. The van der Waals surface area contributed by atoms with Gasteiger partial charge in [0.1, 0.15) is 0 Å². The van der Waals surface area contributed by atoms with E-state index in [1.54, 1.807) is 0 Å². The Bertz CT molecular complexity index is 359. The van der Waals surface area contributed by atoms with Crippen LogP contribution in [0.5, 0.6) is 0 Å². The number of carbonyl (C=O) groups excluding carboxylic acids is 1. The normalized spacial score (nSPS) is 10.6. The summed E-state index contributed by atoms with van der Waals surface area (Å²) < 4.78 is 1.14. The zero-order valence-corrected chi connectivity index (χ0v) is 12.7. The molecule has 0 radical (unpaired) electrons. The third kappa shape index (κ3) is 5.06. The van der Waals surface area contributed by atoms with Gasteiger partial charge in [0.15, 0.2) is 0 Å². The zero-order chi connectivity index (χ0) is 12.7. The third-order valence-electron chi connectivity index (χ3n) is 2.74. The summed E-state index contributed by atoms with van der Waals surface area (Å²) in [4.78, 5) is 12.1. The number of hydrogen-bond donors (Lipinski definition) is 1. The van der Waals surface area contributed by atoms with Crippen molar-refractivity contribution in [2.75, 3.05) is 5.32 Å². The van der Waals surface area contributed by atoms with Crippen molar-refractivity contribution in [2.24, 2.45) is 5.92 Å². The molecule has 0 saturated heterocycles. The lowest BCUT2D eigenvalue weighted by molar-refractivity contribution is -0.120. The maximum Gasteiger partial charge on any atom is 0.227 e. The van der Waals surface area contributed by atoms with E-state index in [-0.39, 0.29) is 11.8 Å². The topological polar surface area (TPSA) is 29.1 Å². The van der Waals surface area contributed by atoms with Crippen LogP contribution in [0.25, 0.3) is 0 Å². The van der Waals surface area contributed by atoms with E-state index in [4.69, 9.17) is 0 Å². The van der Waals surface area contributed by atoms with E-state index in [0.29, 0.717) is 0 Å². The van der Waals surface area contributed by atoms with Crippen LogP contribution in [-0.4, -0.2) is 5.91 Å². The molecule has 3 heteroatoms. The van der Waals surface area contributed by atoms with Gasteiger partial charge < -0.3 is 5.32 Å². The van der Waals surface area contributed by atoms with Crippen LogP contribution in [0.1, 0.15) is 39.5 Å².